The first-order valence-electron chi connectivity index (χ1n) is 14.8. The van der Waals surface area contributed by atoms with Crippen molar-refractivity contribution in [1.82, 2.24) is 9.97 Å². The van der Waals surface area contributed by atoms with E-state index < -0.39 is 0 Å². The van der Waals surface area contributed by atoms with Crippen molar-refractivity contribution < 1.29 is 29.6 Å². The summed E-state index contributed by atoms with van der Waals surface area (Å²) in [6, 6.07) is 43.1. The van der Waals surface area contributed by atoms with E-state index >= 15 is 0 Å². The van der Waals surface area contributed by atoms with Crippen molar-refractivity contribution in [3.8, 4) is 45.5 Å². The summed E-state index contributed by atoms with van der Waals surface area (Å²) in [5.41, 5.74) is 9.91. The third-order valence-electron chi connectivity index (χ3n) is 8.35. The molecule has 6 aromatic rings. The van der Waals surface area contributed by atoms with Crippen LogP contribution in [0.4, 0.5) is 0 Å². The van der Waals surface area contributed by atoms with Gasteiger partial charge < -0.3 is 19.4 Å². The van der Waals surface area contributed by atoms with Gasteiger partial charge in [-0.1, -0.05) is 54.1 Å². The number of hydrogen-bond donors (Lipinski definition) is 0. The van der Waals surface area contributed by atoms with E-state index in [-0.39, 0.29) is 26.8 Å². The van der Waals surface area contributed by atoms with Crippen LogP contribution in [0.5, 0.6) is 23.0 Å². The van der Waals surface area contributed by atoms with Crippen molar-refractivity contribution in [1.29, 1.82) is 0 Å². The molecule has 4 aromatic carbocycles. The molecule has 0 atom stereocenters. The third-order valence-corrected chi connectivity index (χ3v) is 8.35. The Bertz CT molecular complexity index is 1910. The number of aryl methyl sites for hydroxylation is 2. The summed E-state index contributed by atoms with van der Waals surface area (Å²) < 4.78 is 12.7. The van der Waals surface area contributed by atoms with Gasteiger partial charge in [-0.25, -0.2) is 0 Å². The monoisotopic (exact) mass is 747 g/mol. The van der Waals surface area contributed by atoms with Crippen LogP contribution < -0.4 is 25.9 Å². The van der Waals surface area contributed by atoms with Gasteiger partial charge in [0.2, 0.25) is 6.71 Å². The fourth-order valence-corrected chi connectivity index (χ4v) is 6.33. The summed E-state index contributed by atoms with van der Waals surface area (Å²) in [6.45, 7) is 0.0749. The largest absolute Gasteiger partial charge is 0.503 e. The summed E-state index contributed by atoms with van der Waals surface area (Å²) in [7, 11) is 0. The van der Waals surface area contributed by atoms with Crippen molar-refractivity contribution in [3.63, 3.8) is 0 Å². The van der Waals surface area contributed by atoms with Crippen LogP contribution >= 0.6 is 0 Å². The minimum atomic E-state index is 0. The maximum Gasteiger partial charge on any atom is 0.241 e. The number of fused-ring (bicyclic) bond motifs is 5. The van der Waals surface area contributed by atoms with Crippen LogP contribution in [-0.2, 0) is 32.9 Å². The Kier molecular flexibility index (Phi) is 7.87. The van der Waals surface area contributed by atoms with Crippen molar-refractivity contribution in [2.45, 2.75) is 25.7 Å². The minimum Gasteiger partial charge on any atom is -0.503 e. The standard InChI is InChI=1S/C27H19BNO2.C11H8N.Ir/c1-3-11-21-17(7-1)15-16-22(29-21)18-8-5-10-20-27(18)31-25-14-6-13-24-26(25)28(20)19-9-2-4-12-23(19)30-24;1-2-6-10(7-3-1)11-8-4-5-9-12-11;/h2,4-6,9-10,12-16H,1,3,7,11H2;1-6,8-9H;/q2*-1;. The molecule has 0 N–H and O–H groups in total. The molecule has 2 aromatic heterocycles. The van der Waals surface area contributed by atoms with Crippen LogP contribution in [-0.4, -0.2) is 16.7 Å². The van der Waals surface area contributed by atoms with Gasteiger partial charge in [0.25, 0.3) is 0 Å². The van der Waals surface area contributed by atoms with Gasteiger partial charge >= 0.3 is 0 Å². The molecular weight excluding hydrogens is 719 g/mol. The molecule has 1 aliphatic carbocycles. The van der Waals surface area contributed by atoms with Gasteiger partial charge in [0, 0.05) is 43.2 Å². The number of benzene rings is 4. The maximum atomic E-state index is 6.52. The average molecular weight is 747 g/mol. The molecule has 4 nitrogen and oxygen atoms in total. The predicted octanol–water partition coefficient (Wildman–Crippen LogP) is 6.70. The van der Waals surface area contributed by atoms with E-state index in [9.17, 15) is 0 Å². The molecule has 0 amide bonds. The van der Waals surface area contributed by atoms with Gasteiger partial charge in [0.15, 0.2) is 0 Å². The molecular formula is C38H27BIrN2O2-2. The molecule has 215 valence electrons. The summed E-state index contributed by atoms with van der Waals surface area (Å²) in [4.78, 5) is 9.26. The van der Waals surface area contributed by atoms with E-state index in [1.165, 1.54) is 29.6 Å². The van der Waals surface area contributed by atoms with Gasteiger partial charge in [0.1, 0.15) is 17.2 Å². The van der Waals surface area contributed by atoms with Crippen LogP contribution in [0.3, 0.4) is 0 Å². The normalized spacial score (nSPS) is 13.2. The zero-order chi connectivity index (χ0) is 28.6. The number of rotatable bonds is 2. The zero-order valence-corrected chi connectivity index (χ0v) is 26.3. The Labute approximate surface area is 271 Å². The molecule has 0 fully saturated rings. The van der Waals surface area contributed by atoms with E-state index in [0.717, 1.165) is 69.3 Å². The SMILES string of the molecule is [Ir].[c-]1ccc2c(c1-c1ccc3c(n1)CCCC3)Oc1cccc3c1B2c1ccccc1O3.[c-]1ccccc1-c1ccccn1. The molecule has 0 saturated carbocycles. The van der Waals surface area contributed by atoms with E-state index in [4.69, 9.17) is 14.5 Å². The van der Waals surface area contributed by atoms with Crippen molar-refractivity contribution in [3.05, 3.63) is 139 Å². The first kappa shape index (κ1) is 28.3. The molecule has 1 radical (unpaired) electrons. The van der Waals surface area contributed by atoms with Gasteiger partial charge in [-0.3, -0.25) is 0 Å². The van der Waals surface area contributed by atoms with E-state index in [1.54, 1.807) is 6.20 Å². The molecule has 4 heterocycles. The molecule has 0 saturated heterocycles. The average Bonchev–Trinajstić information content (AvgIpc) is 3.09. The number of ether oxygens (including phenoxy) is 2. The smallest absolute Gasteiger partial charge is 0.241 e. The first-order valence-corrected chi connectivity index (χ1v) is 14.8. The van der Waals surface area contributed by atoms with Gasteiger partial charge in [0.05, 0.1) is 0 Å². The van der Waals surface area contributed by atoms with Crippen LogP contribution in [0.25, 0.3) is 22.5 Å². The van der Waals surface area contributed by atoms with Crippen LogP contribution in [0.1, 0.15) is 24.1 Å². The molecule has 2 aliphatic heterocycles. The Morgan fingerprint density at radius 1 is 0.636 bits per heavy atom. The molecule has 9 rings (SSSR count). The fourth-order valence-electron chi connectivity index (χ4n) is 6.33. The van der Waals surface area contributed by atoms with Crippen LogP contribution in [0.15, 0.2) is 115 Å². The zero-order valence-electron chi connectivity index (χ0n) is 23.9. The number of nitrogens with zero attached hydrogens (tertiary/aromatic N) is 2. The van der Waals surface area contributed by atoms with Crippen molar-refractivity contribution >= 4 is 23.1 Å². The number of para-hydroxylation sites is 1. The summed E-state index contributed by atoms with van der Waals surface area (Å²) >= 11 is 0. The van der Waals surface area contributed by atoms with Crippen molar-refractivity contribution in [2.75, 3.05) is 0 Å². The molecule has 6 heteroatoms. The number of aromatic nitrogens is 2. The summed E-state index contributed by atoms with van der Waals surface area (Å²) in [6.07, 6.45) is 6.44. The number of pyridine rings is 2. The van der Waals surface area contributed by atoms with Gasteiger partial charge in [-0.05, 0) is 72.4 Å². The number of hydrogen-bond acceptors (Lipinski definition) is 4. The predicted molar refractivity (Wildman–Crippen MR) is 171 cm³/mol. The van der Waals surface area contributed by atoms with Crippen LogP contribution in [0, 0.1) is 12.1 Å². The third kappa shape index (κ3) is 5.15. The Morgan fingerprint density at radius 2 is 1.45 bits per heavy atom. The molecule has 44 heavy (non-hydrogen) atoms. The Morgan fingerprint density at radius 3 is 2.32 bits per heavy atom. The molecule has 0 bridgehead atoms. The summed E-state index contributed by atoms with van der Waals surface area (Å²) in [5, 5.41) is 0. The molecule has 0 spiro atoms. The second kappa shape index (κ2) is 12.2. The van der Waals surface area contributed by atoms with Crippen LogP contribution in [0.2, 0.25) is 0 Å². The van der Waals surface area contributed by atoms with E-state index in [0.29, 0.717) is 0 Å². The quantitative estimate of drug-likeness (QED) is 0.146. The Hall–Kier alpha value is -4.51. The second-order valence-corrected chi connectivity index (χ2v) is 11.0. The maximum absolute atomic E-state index is 6.52. The Balaban J connectivity index is 0.000000203. The van der Waals surface area contributed by atoms with Gasteiger partial charge in [-0.2, -0.15) is 0 Å². The second-order valence-electron chi connectivity index (χ2n) is 11.0. The van der Waals surface area contributed by atoms with E-state index in [1.807, 2.05) is 78.9 Å². The fraction of sp³-hybridized carbons (Fsp3) is 0.105. The first-order chi connectivity index (χ1) is 21.3. The van der Waals surface area contributed by atoms with Crippen molar-refractivity contribution in [2.24, 2.45) is 0 Å². The van der Waals surface area contributed by atoms with Gasteiger partial charge in [-0.15, -0.1) is 59.6 Å². The molecule has 0 unspecified atom stereocenters. The minimum absolute atomic E-state index is 0. The summed E-state index contributed by atoms with van der Waals surface area (Å²) in [5.74, 6) is 3.49. The topological polar surface area (TPSA) is 44.2 Å². The van der Waals surface area contributed by atoms with E-state index in [2.05, 4.69) is 47.4 Å². The molecule has 3 aliphatic rings.